The quantitative estimate of drug-likeness (QED) is 0.361. The van der Waals surface area contributed by atoms with Gasteiger partial charge in [-0.2, -0.15) is 4.98 Å². The van der Waals surface area contributed by atoms with Crippen LogP contribution in [0.3, 0.4) is 0 Å². The minimum atomic E-state index is -0.152. The summed E-state index contributed by atoms with van der Waals surface area (Å²) in [5, 5.41) is 7.28. The summed E-state index contributed by atoms with van der Waals surface area (Å²) >= 11 is 0. The molecule has 10 heteroatoms. The Morgan fingerprint density at radius 1 is 1.06 bits per heavy atom. The summed E-state index contributed by atoms with van der Waals surface area (Å²) in [5.74, 6) is 1.89. The average molecular weight is 477 g/mol. The van der Waals surface area contributed by atoms with Crippen LogP contribution in [-0.4, -0.2) is 50.5 Å². The molecule has 4 aromatic rings. The molecule has 0 saturated heterocycles. The van der Waals surface area contributed by atoms with Crippen molar-refractivity contribution >= 4 is 5.95 Å². The maximum atomic E-state index is 12.5. The molecule has 35 heavy (non-hydrogen) atoms. The number of hydrogen-bond acceptors (Lipinski definition) is 9. The Balaban J connectivity index is 1.51. The van der Waals surface area contributed by atoms with E-state index >= 15 is 0 Å². The monoisotopic (exact) mass is 476 g/mol. The van der Waals surface area contributed by atoms with E-state index in [0.29, 0.717) is 48.5 Å². The first-order valence-electron chi connectivity index (χ1n) is 11.2. The van der Waals surface area contributed by atoms with Crippen molar-refractivity contribution in [3.8, 4) is 28.6 Å². The van der Waals surface area contributed by atoms with Gasteiger partial charge < -0.3 is 23.9 Å². The Morgan fingerprint density at radius 2 is 1.86 bits per heavy atom. The maximum Gasteiger partial charge on any atom is 0.261 e. The van der Waals surface area contributed by atoms with Gasteiger partial charge in [0.05, 0.1) is 18.7 Å². The molecule has 3 heterocycles. The number of methoxy groups -OCH3 is 1. The molecule has 0 unspecified atom stereocenters. The molecule has 0 radical (unpaired) electrons. The van der Waals surface area contributed by atoms with E-state index < -0.39 is 0 Å². The lowest BCUT2D eigenvalue weighted by Crippen LogP contribution is -2.27. The zero-order valence-electron chi connectivity index (χ0n) is 20.2. The third kappa shape index (κ3) is 6.51. The second-order valence-electron chi connectivity index (χ2n) is 8.97. The minimum Gasteiger partial charge on any atom is -0.491 e. The van der Waals surface area contributed by atoms with Gasteiger partial charge in [-0.05, 0) is 44.5 Å². The van der Waals surface area contributed by atoms with E-state index in [2.05, 4.69) is 25.4 Å². The van der Waals surface area contributed by atoms with Gasteiger partial charge in [0, 0.05) is 42.9 Å². The summed E-state index contributed by atoms with van der Waals surface area (Å²) in [6.07, 6.45) is 4.96. The van der Waals surface area contributed by atoms with Gasteiger partial charge in [-0.25, -0.2) is 9.97 Å². The van der Waals surface area contributed by atoms with Crippen LogP contribution in [0.5, 0.6) is 5.75 Å². The minimum absolute atomic E-state index is 0.140. The third-order valence-corrected chi connectivity index (χ3v) is 4.86. The summed E-state index contributed by atoms with van der Waals surface area (Å²) in [6.45, 7) is 7.42. The molecule has 0 saturated carbocycles. The highest BCUT2D eigenvalue weighted by atomic mass is 16.5. The number of pyridine rings is 1. The maximum absolute atomic E-state index is 12.5. The van der Waals surface area contributed by atoms with Gasteiger partial charge in [-0.1, -0.05) is 17.3 Å². The number of hydrogen-bond donors (Lipinski definition) is 1. The first-order chi connectivity index (χ1) is 16.8. The largest absolute Gasteiger partial charge is 0.491 e. The highest BCUT2D eigenvalue weighted by molar-refractivity contribution is 5.58. The predicted molar refractivity (Wildman–Crippen MR) is 131 cm³/mol. The molecule has 0 aliphatic carbocycles. The molecule has 182 valence electrons. The van der Waals surface area contributed by atoms with Crippen LogP contribution < -0.4 is 15.6 Å². The molecular weight excluding hydrogens is 448 g/mol. The zero-order valence-corrected chi connectivity index (χ0v) is 20.2. The Kier molecular flexibility index (Phi) is 7.21. The summed E-state index contributed by atoms with van der Waals surface area (Å²) in [5.41, 5.74) is 1.88. The fourth-order valence-corrected chi connectivity index (χ4v) is 3.26. The molecule has 1 N–H and O–H groups in total. The molecule has 10 nitrogen and oxygen atoms in total. The van der Waals surface area contributed by atoms with Crippen molar-refractivity contribution in [1.82, 2.24) is 24.7 Å². The smallest absolute Gasteiger partial charge is 0.261 e. The Morgan fingerprint density at radius 3 is 2.60 bits per heavy atom. The molecule has 4 rings (SSSR count). The van der Waals surface area contributed by atoms with Crippen molar-refractivity contribution < 1.29 is 14.0 Å². The van der Waals surface area contributed by atoms with Gasteiger partial charge in [0.15, 0.2) is 0 Å². The Labute approximate surface area is 203 Å². The van der Waals surface area contributed by atoms with E-state index in [9.17, 15) is 4.79 Å². The van der Waals surface area contributed by atoms with Crippen LogP contribution in [0, 0.1) is 0 Å². The topological polar surface area (TPSA) is 117 Å². The number of nitrogens with zero attached hydrogens (tertiary/aromatic N) is 5. The standard InChI is InChI=1S/C25H28N6O4/c1-25(2,3)29-24-26-13-19(14-27-24)23-28-22(30-35-23)18-8-9-21(32)31(16-18)15-17-6-5-7-20(12-17)34-11-10-33-4/h5-9,12-14,16H,10-11,15H2,1-4H3,(H,26,27,29). The Hall–Kier alpha value is -4.05. The first-order valence-corrected chi connectivity index (χ1v) is 11.2. The van der Waals surface area contributed by atoms with Crippen molar-refractivity contribution in [2.24, 2.45) is 0 Å². The summed E-state index contributed by atoms with van der Waals surface area (Å²) < 4.78 is 17.7. The van der Waals surface area contributed by atoms with E-state index in [1.54, 1.807) is 36.3 Å². The zero-order chi connectivity index (χ0) is 24.8. The van der Waals surface area contributed by atoms with Gasteiger partial charge in [0.2, 0.25) is 11.8 Å². The first kappa shape index (κ1) is 24.1. The molecule has 0 fully saturated rings. The lowest BCUT2D eigenvalue weighted by atomic mass is 10.1. The molecule has 3 aromatic heterocycles. The highest BCUT2D eigenvalue weighted by Crippen LogP contribution is 2.22. The molecule has 0 spiro atoms. The van der Waals surface area contributed by atoms with Crippen LogP contribution in [0.25, 0.3) is 22.8 Å². The van der Waals surface area contributed by atoms with Gasteiger partial charge in [0.25, 0.3) is 11.4 Å². The number of ether oxygens (including phenoxy) is 2. The number of benzene rings is 1. The number of aromatic nitrogens is 5. The van der Waals surface area contributed by atoms with Crippen LogP contribution in [0.2, 0.25) is 0 Å². The number of rotatable bonds is 9. The molecular formula is C25H28N6O4. The number of anilines is 1. The van der Waals surface area contributed by atoms with Crippen molar-refractivity contribution in [1.29, 1.82) is 0 Å². The molecule has 0 aliphatic rings. The number of nitrogens with one attached hydrogen (secondary N) is 1. The fourth-order valence-electron chi connectivity index (χ4n) is 3.26. The molecule has 0 aliphatic heterocycles. The Bertz CT molecular complexity index is 1320. The van der Waals surface area contributed by atoms with Crippen LogP contribution in [-0.2, 0) is 11.3 Å². The van der Waals surface area contributed by atoms with Crippen molar-refractivity contribution in [2.45, 2.75) is 32.9 Å². The molecule has 1 aromatic carbocycles. The van der Waals surface area contributed by atoms with Crippen LogP contribution in [0.4, 0.5) is 5.95 Å². The summed E-state index contributed by atoms with van der Waals surface area (Å²) in [4.78, 5) is 25.6. The van der Waals surface area contributed by atoms with Gasteiger partial charge in [-0.15, -0.1) is 0 Å². The molecule has 0 bridgehead atoms. The summed E-state index contributed by atoms with van der Waals surface area (Å²) in [6, 6.07) is 10.8. The van der Waals surface area contributed by atoms with Crippen molar-refractivity contribution in [3.63, 3.8) is 0 Å². The van der Waals surface area contributed by atoms with E-state index in [-0.39, 0.29) is 11.1 Å². The fraction of sp³-hybridized carbons (Fsp3) is 0.320. The second-order valence-corrected chi connectivity index (χ2v) is 8.97. The van der Waals surface area contributed by atoms with Crippen LogP contribution >= 0.6 is 0 Å². The van der Waals surface area contributed by atoms with Crippen molar-refractivity contribution in [3.05, 3.63) is 70.9 Å². The van der Waals surface area contributed by atoms with E-state index in [4.69, 9.17) is 14.0 Å². The SMILES string of the molecule is COCCOc1cccc(Cn2cc(-c3noc(-c4cnc(NC(C)(C)C)nc4)n3)ccc2=O)c1. The van der Waals surface area contributed by atoms with Gasteiger partial charge >= 0.3 is 0 Å². The summed E-state index contributed by atoms with van der Waals surface area (Å²) in [7, 11) is 1.63. The van der Waals surface area contributed by atoms with E-state index in [1.165, 1.54) is 6.07 Å². The van der Waals surface area contributed by atoms with Gasteiger partial charge in [0.1, 0.15) is 12.4 Å². The second kappa shape index (κ2) is 10.5. The highest BCUT2D eigenvalue weighted by Gasteiger charge is 2.15. The van der Waals surface area contributed by atoms with E-state index in [1.807, 2.05) is 45.0 Å². The molecule has 0 amide bonds. The van der Waals surface area contributed by atoms with Crippen molar-refractivity contribution in [2.75, 3.05) is 25.6 Å². The van der Waals surface area contributed by atoms with E-state index in [0.717, 1.165) is 11.3 Å². The van der Waals surface area contributed by atoms with Crippen LogP contribution in [0.15, 0.2) is 64.3 Å². The lowest BCUT2D eigenvalue weighted by molar-refractivity contribution is 0.146. The van der Waals surface area contributed by atoms with Crippen LogP contribution in [0.1, 0.15) is 26.3 Å². The third-order valence-electron chi connectivity index (χ3n) is 4.86. The van der Waals surface area contributed by atoms with Gasteiger partial charge in [-0.3, -0.25) is 4.79 Å². The normalized spacial score (nSPS) is 11.4. The average Bonchev–Trinajstić information content (AvgIpc) is 3.31. The lowest BCUT2D eigenvalue weighted by Gasteiger charge is -2.19. The predicted octanol–water partition coefficient (Wildman–Crippen LogP) is 3.64. The molecule has 0 atom stereocenters.